The minimum atomic E-state index is 0.517. The molecule has 3 nitrogen and oxygen atoms in total. The van der Waals surface area contributed by atoms with Crippen molar-refractivity contribution in [3.05, 3.63) is 52.1 Å². The van der Waals surface area contributed by atoms with Crippen LogP contribution in [0.15, 0.2) is 36.5 Å². The molecular formula is C16H18Cl2N2O. The molecule has 0 spiro atoms. The molecule has 21 heavy (non-hydrogen) atoms. The van der Waals surface area contributed by atoms with Gasteiger partial charge in [0.15, 0.2) is 0 Å². The molecule has 0 unspecified atom stereocenters. The number of hydrogen-bond acceptors (Lipinski definition) is 3. The molecule has 112 valence electrons. The Balaban J connectivity index is 2.05. The first-order valence-corrected chi connectivity index (χ1v) is 7.58. The quantitative estimate of drug-likeness (QED) is 0.818. The van der Waals surface area contributed by atoms with Gasteiger partial charge in [-0.3, -0.25) is 0 Å². The second-order valence-electron chi connectivity index (χ2n) is 5.19. The van der Waals surface area contributed by atoms with Gasteiger partial charge in [-0.25, -0.2) is 4.98 Å². The van der Waals surface area contributed by atoms with E-state index in [4.69, 9.17) is 27.9 Å². The third-order valence-corrected chi connectivity index (χ3v) is 3.41. The molecule has 0 aliphatic carbocycles. The molecule has 1 aromatic carbocycles. The van der Waals surface area contributed by atoms with Crippen LogP contribution >= 0.6 is 23.2 Å². The number of nitrogens with zero attached hydrogens (tertiary/aromatic N) is 1. The van der Waals surface area contributed by atoms with Crippen molar-refractivity contribution >= 4 is 23.2 Å². The van der Waals surface area contributed by atoms with E-state index in [2.05, 4.69) is 24.1 Å². The second-order valence-corrected chi connectivity index (χ2v) is 6.04. The average molecular weight is 325 g/mol. The summed E-state index contributed by atoms with van der Waals surface area (Å²) in [5, 5.41) is 4.66. The highest BCUT2D eigenvalue weighted by Crippen LogP contribution is 2.25. The lowest BCUT2D eigenvalue weighted by molar-refractivity contribution is 0.461. The van der Waals surface area contributed by atoms with Gasteiger partial charge < -0.3 is 10.1 Å². The summed E-state index contributed by atoms with van der Waals surface area (Å²) in [6, 6.07) is 9.00. The third-order valence-electron chi connectivity index (χ3n) is 2.81. The second kappa shape index (κ2) is 7.64. The van der Waals surface area contributed by atoms with Crippen molar-refractivity contribution in [2.24, 2.45) is 5.92 Å². The molecule has 0 aliphatic heterocycles. The highest BCUT2D eigenvalue weighted by Gasteiger charge is 2.06. The van der Waals surface area contributed by atoms with Crippen LogP contribution in [0, 0.1) is 5.92 Å². The van der Waals surface area contributed by atoms with E-state index >= 15 is 0 Å². The molecule has 1 N–H and O–H groups in total. The van der Waals surface area contributed by atoms with Crippen molar-refractivity contribution in [2.45, 2.75) is 20.4 Å². The number of nitrogens with one attached hydrogen (secondary N) is 1. The number of benzene rings is 1. The summed E-state index contributed by atoms with van der Waals surface area (Å²) in [6.07, 6.45) is 1.61. The Morgan fingerprint density at radius 2 is 1.90 bits per heavy atom. The Hall–Kier alpha value is -1.29. The fourth-order valence-corrected chi connectivity index (χ4v) is 2.06. The Kier molecular flexibility index (Phi) is 5.85. The fourth-order valence-electron chi connectivity index (χ4n) is 1.77. The fraction of sp³-hybridized carbons (Fsp3) is 0.312. The summed E-state index contributed by atoms with van der Waals surface area (Å²) in [5.41, 5.74) is 0.969. The molecule has 5 heteroatoms. The molecule has 0 fully saturated rings. The topological polar surface area (TPSA) is 34.1 Å². The van der Waals surface area contributed by atoms with E-state index in [0.717, 1.165) is 12.1 Å². The lowest BCUT2D eigenvalue weighted by Crippen LogP contribution is -2.19. The van der Waals surface area contributed by atoms with Crippen LogP contribution in [0.2, 0.25) is 10.0 Å². The molecule has 0 amide bonds. The van der Waals surface area contributed by atoms with Gasteiger partial charge in [0.05, 0.1) is 5.02 Å². The molecule has 0 saturated carbocycles. The lowest BCUT2D eigenvalue weighted by atomic mass is 10.2. The van der Waals surface area contributed by atoms with Gasteiger partial charge in [0.25, 0.3) is 0 Å². The highest BCUT2D eigenvalue weighted by atomic mass is 35.5. The monoisotopic (exact) mass is 324 g/mol. The lowest BCUT2D eigenvalue weighted by Gasteiger charge is -2.10. The number of hydrogen-bond donors (Lipinski definition) is 1. The van der Waals surface area contributed by atoms with Crippen LogP contribution in [0.4, 0.5) is 0 Å². The van der Waals surface area contributed by atoms with Crippen LogP contribution in [0.3, 0.4) is 0 Å². The number of halogens is 2. The third kappa shape index (κ3) is 5.20. The minimum Gasteiger partial charge on any atom is -0.439 e. The summed E-state index contributed by atoms with van der Waals surface area (Å²) in [7, 11) is 0. The maximum atomic E-state index is 6.16. The molecular weight excluding hydrogens is 307 g/mol. The van der Waals surface area contributed by atoms with Crippen LogP contribution in [0.25, 0.3) is 0 Å². The smallest absolute Gasteiger partial charge is 0.219 e. The molecule has 0 saturated heterocycles. The summed E-state index contributed by atoms with van der Waals surface area (Å²) >= 11 is 12.0. The largest absolute Gasteiger partial charge is 0.439 e. The van der Waals surface area contributed by atoms with Crippen LogP contribution < -0.4 is 10.1 Å². The van der Waals surface area contributed by atoms with Crippen molar-refractivity contribution in [1.29, 1.82) is 0 Å². The van der Waals surface area contributed by atoms with E-state index in [9.17, 15) is 0 Å². The van der Waals surface area contributed by atoms with E-state index in [0.29, 0.717) is 34.1 Å². The van der Waals surface area contributed by atoms with Crippen molar-refractivity contribution in [3.63, 3.8) is 0 Å². The van der Waals surface area contributed by atoms with Gasteiger partial charge in [-0.15, -0.1) is 0 Å². The standard InChI is InChI=1S/C16H18Cl2N2O/c1-11(2)8-19-9-12-7-16(20-10-15(12)18)21-14-5-3-13(17)4-6-14/h3-7,10-11,19H,8-9H2,1-2H3. The normalized spacial score (nSPS) is 10.9. The maximum absolute atomic E-state index is 6.16. The molecule has 0 aliphatic rings. The van der Waals surface area contributed by atoms with Gasteiger partial charge >= 0.3 is 0 Å². The van der Waals surface area contributed by atoms with Gasteiger partial charge in [0.1, 0.15) is 5.75 Å². The van der Waals surface area contributed by atoms with E-state index < -0.39 is 0 Å². The zero-order valence-corrected chi connectivity index (χ0v) is 13.6. The summed E-state index contributed by atoms with van der Waals surface area (Å²) < 4.78 is 5.70. The van der Waals surface area contributed by atoms with E-state index in [1.165, 1.54) is 0 Å². The van der Waals surface area contributed by atoms with Gasteiger partial charge in [-0.1, -0.05) is 37.0 Å². The van der Waals surface area contributed by atoms with Crippen molar-refractivity contribution in [3.8, 4) is 11.6 Å². The molecule has 2 aromatic rings. The first-order valence-electron chi connectivity index (χ1n) is 6.83. The molecule has 0 radical (unpaired) electrons. The molecule has 2 rings (SSSR count). The summed E-state index contributed by atoms with van der Waals surface area (Å²) in [6.45, 7) is 5.95. The summed E-state index contributed by atoms with van der Waals surface area (Å²) in [4.78, 5) is 4.18. The van der Waals surface area contributed by atoms with Crippen molar-refractivity contribution in [2.75, 3.05) is 6.54 Å². The van der Waals surface area contributed by atoms with Gasteiger partial charge in [0.2, 0.25) is 5.88 Å². The van der Waals surface area contributed by atoms with Gasteiger partial charge in [0, 0.05) is 23.8 Å². The first-order chi connectivity index (χ1) is 10.0. The van der Waals surface area contributed by atoms with Gasteiger partial charge in [-0.2, -0.15) is 0 Å². The summed E-state index contributed by atoms with van der Waals surface area (Å²) in [5.74, 6) is 1.80. The highest BCUT2D eigenvalue weighted by molar-refractivity contribution is 6.31. The van der Waals surface area contributed by atoms with Gasteiger partial charge in [-0.05, 0) is 42.3 Å². The maximum Gasteiger partial charge on any atom is 0.219 e. The number of ether oxygens (including phenoxy) is 1. The van der Waals surface area contributed by atoms with Crippen LogP contribution in [0.1, 0.15) is 19.4 Å². The minimum absolute atomic E-state index is 0.517. The Morgan fingerprint density at radius 3 is 2.57 bits per heavy atom. The Bertz CT molecular complexity index is 585. The molecule has 1 aromatic heterocycles. The van der Waals surface area contributed by atoms with Crippen molar-refractivity contribution in [1.82, 2.24) is 10.3 Å². The van der Waals surface area contributed by atoms with E-state index in [1.807, 2.05) is 6.07 Å². The van der Waals surface area contributed by atoms with E-state index in [1.54, 1.807) is 30.5 Å². The predicted molar refractivity (Wildman–Crippen MR) is 87.3 cm³/mol. The van der Waals surface area contributed by atoms with Crippen LogP contribution in [0.5, 0.6) is 11.6 Å². The Labute approximate surface area is 135 Å². The number of rotatable bonds is 6. The molecule has 0 atom stereocenters. The van der Waals surface area contributed by atoms with Crippen LogP contribution in [-0.4, -0.2) is 11.5 Å². The van der Waals surface area contributed by atoms with Crippen LogP contribution in [-0.2, 0) is 6.54 Å². The first kappa shape index (κ1) is 16.1. The van der Waals surface area contributed by atoms with E-state index in [-0.39, 0.29) is 0 Å². The zero-order valence-electron chi connectivity index (χ0n) is 12.1. The molecule has 1 heterocycles. The van der Waals surface area contributed by atoms with Crippen molar-refractivity contribution < 1.29 is 4.74 Å². The predicted octanol–water partition coefficient (Wildman–Crippen LogP) is 4.93. The zero-order chi connectivity index (χ0) is 15.2. The average Bonchev–Trinajstić information content (AvgIpc) is 2.44. The SMILES string of the molecule is CC(C)CNCc1cc(Oc2ccc(Cl)cc2)ncc1Cl. The molecule has 0 bridgehead atoms. The Morgan fingerprint density at radius 1 is 1.19 bits per heavy atom. The number of aromatic nitrogens is 1. The number of pyridine rings is 1.